The summed E-state index contributed by atoms with van der Waals surface area (Å²) in [6.07, 6.45) is 2.79. The minimum atomic E-state index is -0.498. The average Bonchev–Trinajstić information content (AvgIpc) is 2.64. The van der Waals surface area contributed by atoms with Crippen molar-refractivity contribution in [2.75, 3.05) is 24.5 Å². The van der Waals surface area contributed by atoms with Gasteiger partial charge in [-0.05, 0) is 74.9 Å². The Hall–Kier alpha value is -2.49. The summed E-state index contributed by atoms with van der Waals surface area (Å²) in [6.45, 7) is 8.58. The minimum absolute atomic E-state index is 0.0618. The SMILES string of the molecule is Cc1cc(C)cc(OC(C)C(=O)NCCCN2CCCc3ccccc32)c1. The molecule has 27 heavy (non-hydrogen) atoms. The van der Waals surface area contributed by atoms with Gasteiger partial charge in [-0.2, -0.15) is 0 Å². The Kier molecular flexibility index (Phi) is 6.38. The molecule has 3 rings (SSSR count). The van der Waals surface area contributed by atoms with E-state index in [1.807, 2.05) is 26.0 Å². The maximum absolute atomic E-state index is 12.3. The maximum atomic E-state index is 12.3. The first-order valence-corrected chi connectivity index (χ1v) is 9.88. The summed E-state index contributed by atoms with van der Waals surface area (Å²) in [5.74, 6) is 0.688. The molecular weight excluding hydrogens is 336 g/mol. The fourth-order valence-electron chi connectivity index (χ4n) is 3.73. The number of rotatable bonds is 7. The van der Waals surface area contributed by atoms with E-state index in [-0.39, 0.29) is 5.91 Å². The van der Waals surface area contributed by atoms with E-state index in [1.54, 1.807) is 6.92 Å². The van der Waals surface area contributed by atoms with Gasteiger partial charge in [0.1, 0.15) is 5.75 Å². The molecule has 0 aromatic heterocycles. The number of benzene rings is 2. The lowest BCUT2D eigenvalue weighted by Crippen LogP contribution is -2.38. The first-order chi connectivity index (χ1) is 13.0. The zero-order valence-electron chi connectivity index (χ0n) is 16.6. The average molecular weight is 367 g/mol. The predicted octanol–water partition coefficient (Wildman–Crippen LogP) is 4.03. The molecule has 1 N–H and O–H groups in total. The third-order valence-electron chi connectivity index (χ3n) is 4.99. The molecule has 2 aromatic carbocycles. The highest BCUT2D eigenvalue weighted by Crippen LogP contribution is 2.26. The van der Waals surface area contributed by atoms with Crippen LogP contribution in [0.3, 0.4) is 0 Å². The Bertz CT molecular complexity index is 767. The topological polar surface area (TPSA) is 41.6 Å². The van der Waals surface area contributed by atoms with E-state index in [0.29, 0.717) is 6.54 Å². The summed E-state index contributed by atoms with van der Waals surface area (Å²) in [5, 5.41) is 3.00. The van der Waals surface area contributed by atoms with Crippen molar-refractivity contribution in [2.24, 2.45) is 0 Å². The van der Waals surface area contributed by atoms with Gasteiger partial charge in [-0.25, -0.2) is 0 Å². The van der Waals surface area contributed by atoms with Crippen LogP contribution in [0.25, 0.3) is 0 Å². The van der Waals surface area contributed by atoms with Gasteiger partial charge in [0.25, 0.3) is 5.91 Å². The molecule has 4 heteroatoms. The molecule has 1 amide bonds. The summed E-state index contributed by atoms with van der Waals surface area (Å²) in [7, 11) is 0. The molecule has 1 aliphatic rings. The number of para-hydroxylation sites is 1. The molecule has 1 aliphatic heterocycles. The highest BCUT2D eigenvalue weighted by Gasteiger charge is 2.17. The molecule has 0 saturated heterocycles. The van der Waals surface area contributed by atoms with Crippen molar-refractivity contribution < 1.29 is 9.53 Å². The molecule has 0 aliphatic carbocycles. The van der Waals surface area contributed by atoms with Crippen LogP contribution in [-0.4, -0.2) is 31.6 Å². The van der Waals surface area contributed by atoms with Crippen molar-refractivity contribution in [3.05, 3.63) is 59.2 Å². The number of nitrogens with one attached hydrogen (secondary N) is 1. The maximum Gasteiger partial charge on any atom is 0.260 e. The standard InChI is InChI=1S/C23H30N2O2/c1-17-14-18(2)16-21(15-17)27-19(3)23(26)24-11-7-13-25-12-6-9-20-8-4-5-10-22(20)25/h4-5,8,10,14-16,19H,6-7,9,11-13H2,1-3H3,(H,24,26). The molecule has 1 heterocycles. The Morgan fingerprint density at radius 2 is 1.93 bits per heavy atom. The summed E-state index contributed by atoms with van der Waals surface area (Å²) >= 11 is 0. The highest BCUT2D eigenvalue weighted by molar-refractivity contribution is 5.80. The number of hydrogen-bond acceptors (Lipinski definition) is 3. The number of amides is 1. The largest absolute Gasteiger partial charge is 0.481 e. The van der Waals surface area contributed by atoms with E-state index in [2.05, 4.69) is 40.5 Å². The quantitative estimate of drug-likeness (QED) is 0.752. The smallest absolute Gasteiger partial charge is 0.260 e. The van der Waals surface area contributed by atoms with Crippen LogP contribution >= 0.6 is 0 Å². The summed E-state index contributed by atoms with van der Waals surface area (Å²) in [4.78, 5) is 14.7. The molecule has 0 spiro atoms. The number of carbonyl (C=O) groups is 1. The second kappa shape index (κ2) is 8.94. The number of hydrogen-bond donors (Lipinski definition) is 1. The molecular formula is C23H30N2O2. The van der Waals surface area contributed by atoms with E-state index in [9.17, 15) is 4.79 Å². The van der Waals surface area contributed by atoms with Crippen LogP contribution in [0.5, 0.6) is 5.75 Å². The monoisotopic (exact) mass is 366 g/mol. The van der Waals surface area contributed by atoms with Gasteiger partial charge >= 0.3 is 0 Å². The number of carbonyl (C=O) groups excluding carboxylic acids is 1. The van der Waals surface area contributed by atoms with Gasteiger partial charge in [-0.3, -0.25) is 4.79 Å². The Morgan fingerprint density at radius 3 is 2.70 bits per heavy atom. The van der Waals surface area contributed by atoms with Gasteiger partial charge in [0, 0.05) is 25.3 Å². The van der Waals surface area contributed by atoms with E-state index in [1.165, 1.54) is 17.7 Å². The fraction of sp³-hybridized carbons (Fsp3) is 0.435. The molecule has 1 unspecified atom stereocenters. The number of fused-ring (bicyclic) bond motifs is 1. The van der Waals surface area contributed by atoms with Crippen LogP contribution < -0.4 is 15.0 Å². The number of aryl methyl sites for hydroxylation is 3. The van der Waals surface area contributed by atoms with Crippen molar-refractivity contribution in [1.82, 2.24) is 5.32 Å². The van der Waals surface area contributed by atoms with Gasteiger partial charge in [0.05, 0.1) is 0 Å². The van der Waals surface area contributed by atoms with Crippen LogP contribution in [0, 0.1) is 13.8 Å². The van der Waals surface area contributed by atoms with Crippen LogP contribution in [0.1, 0.15) is 36.5 Å². The summed E-state index contributed by atoms with van der Waals surface area (Å²) in [6, 6.07) is 14.7. The Balaban J connectivity index is 1.43. The van der Waals surface area contributed by atoms with Gasteiger partial charge < -0.3 is 15.0 Å². The first-order valence-electron chi connectivity index (χ1n) is 9.88. The van der Waals surface area contributed by atoms with Gasteiger partial charge in [-0.1, -0.05) is 24.3 Å². The molecule has 0 radical (unpaired) electrons. The van der Waals surface area contributed by atoms with Crippen LogP contribution in [0.4, 0.5) is 5.69 Å². The molecule has 1 atom stereocenters. The lowest BCUT2D eigenvalue weighted by molar-refractivity contribution is -0.127. The normalized spacial score (nSPS) is 14.4. The van der Waals surface area contributed by atoms with Crippen LogP contribution in [0.2, 0.25) is 0 Å². The van der Waals surface area contributed by atoms with Crippen molar-refractivity contribution in [3.63, 3.8) is 0 Å². The van der Waals surface area contributed by atoms with E-state index < -0.39 is 6.10 Å². The van der Waals surface area contributed by atoms with Crippen molar-refractivity contribution in [1.29, 1.82) is 0 Å². The lowest BCUT2D eigenvalue weighted by atomic mass is 10.0. The zero-order chi connectivity index (χ0) is 19.2. The Labute approximate surface area is 162 Å². The van der Waals surface area contributed by atoms with Gasteiger partial charge in [-0.15, -0.1) is 0 Å². The summed E-state index contributed by atoms with van der Waals surface area (Å²) in [5.41, 5.74) is 5.06. The molecule has 0 saturated carbocycles. The van der Waals surface area contributed by atoms with E-state index in [0.717, 1.165) is 42.8 Å². The molecule has 2 aromatic rings. The van der Waals surface area contributed by atoms with Crippen LogP contribution in [0.15, 0.2) is 42.5 Å². The van der Waals surface area contributed by atoms with Gasteiger partial charge in [0.2, 0.25) is 0 Å². The number of anilines is 1. The predicted molar refractivity (Wildman–Crippen MR) is 111 cm³/mol. The second-order valence-corrected chi connectivity index (χ2v) is 7.45. The van der Waals surface area contributed by atoms with E-state index in [4.69, 9.17) is 4.74 Å². The Morgan fingerprint density at radius 1 is 1.19 bits per heavy atom. The molecule has 4 nitrogen and oxygen atoms in total. The second-order valence-electron chi connectivity index (χ2n) is 7.45. The third-order valence-corrected chi connectivity index (χ3v) is 4.99. The summed E-state index contributed by atoms with van der Waals surface area (Å²) < 4.78 is 5.81. The third kappa shape index (κ3) is 5.25. The number of nitrogens with zero attached hydrogens (tertiary/aromatic N) is 1. The van der Waals surface area contributed by atoms with Crippen molar-refractivity contribution >= 4 is 11.6 Å². The molecule has 0 fully saturated rings. The minimum Gasteiger partial charge on any atom is -0.481 e. The van der Waals surface area contributed by atoms with E-state index >= 15 is 0 Å². The first kappa shape index (κ1) is 19.3. The fourth-order valence-corrected chi connectivity index (χ4v) is 3.73. The van der Waals surface area contributed by atoms with Crippen molar-refractivity contribution in [2.45, 2.75) is 46.1 Å². The van der Waals surface area contributed by atoms with Crippen LogP contribution in [-0.2, 0) is 11.2 Å². The zero-order valence-corrected chi connectivity index (χ0v) is 16.6. The van der Waals surface area contributed by atoms with Crippen molar-refractivity contribution in [3.8, 4) is 5.75 Å². The highest BCUT2D eigenvalue weighted by atomic mass is 16.5. The number of ether oxygens (including phenoxy) is 1. The van der Waals surface area contributed by atoms with Gasteiger partial charge in [0.15, 0.2) is 6.10 Å². The molecule has 144 valence electrons. The lowest BCUT2D eigenvalue weighted by Gasteiger charge is -2.31. The molecule has 0 bridgehead atoms.